The Morgan fingerprint density at radius 3 is 2.17 bits per heavy atom. The fourth-order valence-corrected chi connectivity index (χ4v) is 3.57. The summed E-state index contributed by atoms with van der Waals surface area (Å²) in [7, 11) is -9.58. The second-order valence-electron chi connectivity index (χ2n) is 3.48. The standard InChI is InChI=1S/C10H7O6S2/c11-17(12,13)9-6-5-7-3-1-2-4-8(7)10(9)18(14,15)16/h1-3,5-6H,(H,11,12,13)(H,14,15,16). The van der Waals surface area contributed by atoms with E-state index in [1.807, 2.05) is 0 Å². The van der Waals surface area contributed by atoms with Crippen molar-refractivity contribution < 1.29 is 25.9 Å². The van der Waals surface area contributed by atoms with E-state index in [9.17, 15) is 16.8 Å². The first kappa shape index (κ1) is 13.0. The minimum absolute atomic E-state index is 0.102. The summed E-state index contributed by atoms with van der Waals surface area (Å²) in [6.45, 7) is 0. The maximum absolute atomic E-state index is 11.3. The Morgan fingerprint density at radius 1 is 0.944 bits per heavy atom. The second-order valence-corrected chi connectivity index (χ2v) is 6.23. The first-order valence-electron chi connectivity index (χ1n) is 4.59. The summed E-state index contributed by atoms with van der Waals surface area (Å²) >= 11 is 0. The molecular weight excluding hydrogens is 280 g/mol. The van der Waals surface area contributed by atoms with Crippen LogP contribution >= 0.6 is 0 Å². The highest BCUT2D eigenvalue weighted by atomic mass is 32.2. The number of benzene rings is 2. The lowest BCUT2D eigenvalue weighted by Gasteiger charge is -2.07. The molecule has 18 heavy (non-hydrogen) atoms. The lowest BCUT2D eigenvalue weighted by molar-refractivity contribution is 0.467. The molecule has 0 aromatic heterocycles. The Labute approximate surface area is 103 Å². The highest BCUT2D eigenvalue weighted by Crippen LogP contribution is 2.29. The molecule has 2 N–H and O–H groups in total. The minimum Gasteiger partial charge on any atom is -0.282 e. The zero-order valence-corrected chi connectivity index (χ0v) is 10.4. The van der Waals surface area contributed by atoms with Gasteiger partial charge >= 0.3 is 0 Å². The molecule has 0 aliphatic rings. The van der Waals surface area contributed by atoms with Crippen LogP contribution in [0.1, 0.15) is 0 Å². The normalized spacial score (nSPS) is 12.8. The van der Waals surface area contributed by atoms with Crippen LogP contribution < -0.4 is 0 Å². The van der Waals surface area contributed by atoms with Crippen molar-refractivity contribution in [2.24, 2.45) is 0 Å². The highest BCUT2D eigenvalue weighted by molar-refractivity contribution is 7.89. The molecule has 0 aliphatic heterocycles. The Balaban J connectivity index is 3.08. The molecule has 0 fully saturated rings. The Hall–Kier alpha value is -1.48. The van der Waals surface area contributed by atoms with Gasteiger partial charge in [-0.3, -0.25) is 9.11 Å². The van der Waals surface area contributed by atoms with E-state index < -0.39 is 30.0 Å². The van der Waals surface area contributed by atoms with Gasteiger partial charge in [0, 0.05) is 5.39 Å². The fourth-order valence-electron chi connectivity index (χ4n) is 1.61. The summed E-state index contributed by atoms with van der Waals surface area (Å²) < 4.78 is 62.9. The van der Waals surface area contributed by atoms with Crippen LogP contribution in [-0.4, -0.2) is 25.9 Å². The van der Waals surface area contributed by atoms with E-state index in [-0.39, 0.29) is 5.39 Å². The highest BCUT2D eigenvalue weighted by Gasteiger charge is 2.26. The summed E-state index contributed by atoms with van der Waals surface area (Å²) in [5.74, 6) is 0. The summed E-state index contributed by atoms with van der Waals surface area (Å²) in [6, 6.07) is 9.20. The third-order valence-electron chi connectivity index (χ3n) is 2.29. The first-order chi connectivity index (χ1) is 8.21. The maximum atomic E-state index is 11.3. The molecule has 0 amide bonds. The molecule has 2 aromatic carbocycles. The van der Waals surface area contributed by atoms with Gasteiger partial charge in [-0.05, 0) is 17.5 Å². The molecule has 1 radical (unpaired) electrons. The van der Waals surface area contributed by atoms with Crippen LogP contribution in [0, 0.1) is 6.07 Å². The van der Waals surface area contributed by atoms with Gasteiger partial charge in [0.15, 0.2) is 0 Å². The summed E-state index contributed by atoms with van der Waals surface area (Å²) in [5.41, 5.74) is 0. The van der Waals surface area contributed by atoms with Crippen LogP contribution in [0.15, 0.2) is 40.1 Å². The molecule has 2 aromatic rings. The van der Waals surface area contributed by atoms with E-state index in [0.717, 1.165) is 6.07 Å². The number of hydrogen-bond acceptors (Lipinski definition) is 4. The van der Waals surface area contributed by atoms with E-state index >= 15 is 0 Å². The van der Waals surface area contributed by atoms with Crippen molar-refractivity contribution in [2.45, 2.75) is 9.79 Å². The molecule has 8 heteroatoms. The van der Waals surface area contributed by atoms with Gasteiger partial charge in [0.25, 0.3) is 20.2 Å². The molecule has 0 aliphatic carbocycles. The van der Waals surface area contributed by atoms with Gasteiger partial charge < -0.3 is 0 Å². The summed E-state index contributed by atoms with van der Waals surface area (Å²) in [6.07, 6.45) is 0. The van der Waals surface area contributed by atoms with Crippen LogP contribution in [0.5, 0.6) is 0 Å². The minimum atomic E-state index is -4.81. The largest absolute Gasteiger partial charge is 0.296 e. The molecule has 0 spiro atoms. The molecule has 0 saturated carbocycles. The van der Waals surface area contributed by atoms with E-state index in [1.54, 1.807) is 6.07 Å². The van der Waals surface area contributed by atoms with Crippen LogP contribution in [0.4, 0.5) is 0 Å². The van der Waals surface area contributed by atoms with Gasteiger partial charge in [-0.2, -0.15) is 16.8 Å². The van der Waals surface area contributed by atoms with Gasteiger partial charge in [-0.15, -0.1) is 0 Å². The molecule has 0 atom stereocenters. The van der Waals surface area contributed by atoms with Crippen molar-refractivity contribution in [1.82, 2.24) is 0 Å². The van der Waals surface area contributed by atoms with E-state index in [0.29, 0.717) is 5.39 Å². The van der Waals surface area contributed by atoms with Gasteiger partial charge in [0.1, 0.15) is 9.79 Å². The van der Waals surface area contributed by atoms with Crippen molar-refractivity contribution in [2.75, 3.05) is 0 Å². The predicted molar refractivity (Wildman–Crippen MR) is 62.4 cm³/mol. The van der Waals surface area contributed by atoms with Crippen molar-refractivity contribution >= 4 is 31.0 Å². The molecule has 0 heterocycles. The van der Waals surface area contributed by atoms with Gasteiger partial charge in [-0.1, -0.05) is 24.3 Å². The third-order valence-corrected chi connectivity index (χ3v) is 4.25. The number of fused-ring (bicyclic) bond motifs is 1. The maximum Gasteiger partial charge on any atom is 0.296 e. The van der Waals surface area contributed by atoms with Crippen LogP contribution in [0.25, 0.3) is 10.8 Å². The summed E-state index contributed by atoms with van der Waals surface area (Å²) in [5, 5.41) is 0.271. The van der Waals surface area contributed by atoms with E-state index in [2.05, 4.69) is 6.07 Å². The molecule has 0 bridgehead atoms. The zero-order valence-electron chi connectivity index (χ0n) is 8.73. The molecule has 6 nitrogen and oxygen atoms in total. The van der Waals surface area contributed by atoms with Crippen LogP contribution in [0.2, 0.25) is 0 Å². The van der Waals surface area contributed by atoms with Gasteiger partial charge in [-0.25, -0.2) is 0 Å². The van der Waals surface area contributed by atoms with Crippen molar-refractivity contribution in [1.29, 1.82) is 0 Å². The third kappa shape index (κ3) is 2.23. The zero-order chi connectivity index (χ0) is 13.6. The fraction of sp³-hybridized carbons (Fsp3) is 0. The first-order valence-corrected chi connectivity index (χ1v) is 7.47. The molecular formula is C10H7O6S2. The van der Waals surface area contributed by atoms with Gasteiger partial charge in [0.05, 0.1) is 0 Å². The predicted octanol–water partition coefficient (Wildman–Crippen LogP) is 1.13. The lowest BCUT2D eigenvalue weighted by atomic mass is 10.1. The van der Waals surface area contributed by atoms with Crippen molar-refractivity contribution in [3.63, 3.8) is 0 Å². The smallest absolute Gasteiger partial charge is 0.282 e. The van der Waals surface area contributed by atoms with Gasteiger partial charge in [0.2, 0.25) is 0 Å². The molecule has 0 unspecified atom stereocenters. The topological polar surface area (TPSA) is 109 Å². The molecule has 0 saturated heterocycles. The average Bonchev–Trinajstić information content (AvgIpc) is 2.24. The second kappa shape index (κ2) is 4.02. The van der Waals surface area contributed by atoms with Crippen LogP contribution in [-0.2, 0) is 20.2 Å². The number of rotatable bonds is 2. The monoisotopic (exact) mass is 287 g/mol. The Bertz CT molecular complexity index is 821. The van der Waals surface area contributed by atoms with Crippen LogP contribution in [0.3, 0.4) is 0 Å². The number of hydrogen-bond donors (Lipinski definition) is 2. The Morgan fingerprint density at radius 2 is 1.61 bits per heavy atom. The molecule has 2 rings (SSSR count). The van der Waals surface area contributed by atoms with E-state index in [1.165, 1.54) is 18.2 Å². The average molecular weight is 287 g/mol. The Kier molecular flexibility index (Phi) is 2.90. The van der Waals surface area contributed by atoms with E-state index in [4.69, 9.17) is 9.11 Å². The molecule has 95 valence electrons. The van der Waals surface area contributed by atoms with Crippen molar-refractivity contribution in [3.05, 3.63) is 36.4 Å². The van der Waals surface area contributed by atoms with Crippen molar-refractivity contribution in [3.8, 4) is 0 Å². The lowest BCUT2D eigenvalue weighted by Crippen LogP contribution is -2.09. The quantitative estimate of drug-likeness (QED) is 0.801. The SMILES string of the molecule is O=S(=O)(O)c1ccc2ccc[c]c2c1S(=O)(=O)O. The summed E-state index contributed by atoms with van der Waals surface area (Å²) in [4.78, 5) is -1.75.